The lowest BCUT2D eigenvalue weighted by molar-refractivity contribution is -0.385. The lowest BCUT2D eigenvalue weighted by atomic mass is 9.86. The molecule has 2 aromatic carbocycles. The summed E-state index contributed by atoms with van der Waals surface area (Å²) in [5.41, 5.74) is 0.912. The molecule has 1 aliphatic heterocycles. The van der Waals surface area contributed by atoms with Crippen LogP contribution in [0, 0.1) is 10.1 Å². The number of fused-ring (bicyclic) bond motifs is 1. The van der Waals surface area contributed by atoms with Crippen LogP contribution < -0.4 is 10.9 Å². The Morgan fingerprint density at radius 1 is 1.20 bits per heavy atom. The Hall–Kier alpha value is -3.17. The molecule has 1 unspecified atom stereocenters. The van der Waals surface area contributed by atoms with Gasteiger partial charge in [0.15, 0.2) is 5.16 Å². The molecule has 2 N–H and O–H groups in total. The number of H-pyrrole nitrogens is 1. The highest BCUT2D eigenvalue weighted by atomic mass is 35.5. The quantitative estimate of drug-likeness (QED) is 0.266. The predicted octanol–water partition coefficient (Wildman–Crippen LogP) is 4.10. The number of aromatic amines is 1. The van der Waals surface area contributed by atoms with E-state index < -0.39 is 16.4 Å². The number of halogens is 1. The zero-order valence-corrected chi connectivity index (χ0v) is 17.0. The Morgan fingerprint density at radius 3 is 2.77 bits per heavy atom. The van der Waals surface area contributed by atoms with Crippen LogP contribution in [0.1, 0.15) is 29.0 Å². The van der Waals surface area contributed by atoms with Gasteiger partial charge in [-0.15, -0.1) is 0 Å². The summed E-state index contributed by atoms with van der Waals surface area (Å²) in [4.78, 5) is 43.2. The van der Waals surface area contributed by atoms with Crippen molar-refractivity contribution in [2.75, 3.05) is 5.32 Å². The third-order valence-corrected chi connectivity index (χ3v) is 5.88. The van der Waals surface area contributed by atoms with Gasteiger partial charge in [-0.05, 0) is 17.7 Å². The number of nitro groups is 1. The van der Waals surface area contributed by atoms with Crippen molar-refractivity contribution in [3.05, 3.63) is 90.7 Å². The fourth-order valence-corrected chi connectivity index (χ4v) is 4.43. The number of nitro benzene ring substituents is 1. The van der Waals surface area contributed by atoms with E-state index in [-0.39, 0.29) is 29.4 Å². The maximum absolute atomic E-state index is 12.9. The summed E-state index contributed by atoms with van der Waals surface area (Å²) >= 11 is 7.28. The van der Waals surface area contributed by atoms with Crippen LogP contribution in [0.2, 0.25) is 5.02 Å². The van der Waals surface area contributed by atoms with Gasteiger partial charge in [0, 0.05) is 34.7 Å². The van der Waals surface area contributed by atoms with Gasteiger partial charge >= 0.3 is 0 Å². The SMILES string of the molecule is O=C1CC(c2ccccc2[N+](=O)[O-])c2c(nc(SCc3cccc(Cl)c3)[nH]c2=O)N1. The summed E-state index contributed by atoms with van der Waals surface area (Å²) in [6.45, 7) is 0. The van der Waals surface area contributed by atoms with Crippen molar-refractivity contribution in [2.45, 2.75) is 23.2 Å². The lowest BCUT2D eigenvalue weighted by Gasteiger charge is -2.24. The molecule has 1 aromatic heterocycles. The van der Waals surface area contributed by atoms with Crippen LogP contribution in [-0.4, -0.2) is 20.8 Å². The number of hydrogen-bond donors (Lipinski definition) is 2. The van der Waals surface area contributed by atoms with Crippen LogP contribution in [0.15, 0.2) is 58.5 Å². The lowest BCUT2D eigenvalue weighted by Crippen LogP contribution is -2.31. The fourth-order valence-electron chi connectivity index (χ4n) is 3.41. The zero-order valence-electron chi connectivity index (χ0n) is 15.4. The number of benzene rings is 2. The Balaban J connectivity index is 1.70. The van der Waals surface area contributed by atoms with Gasteiger partial charge in [-0.3, -0.25) is 19.7 Å². The molecule has 8 nitrogen and oxygen atoms in total. The fraction of sp³-hybridized carbons (Fsp3) is 0.150. The van der Waals surface area contributed by atoms with Crippen molar-refractivity contribution in [2.24, 2.45) is 0 Å². The average Bonchev–Trinajstić information content (AvgIpc) is 2.71. The Kier molecular flexibility index (Phi) is 5.56. The highest BCUT2D eigenvalue weighted by Gasteiger charge is 2.34. The zero-order chi connectivity index (χ0) is 21.3. The molecular formula is C20H15ClN4O4S. The largest absolute Gasteiger partial charge is 0.310 e. The van der Waals surface area contributed by atoms with Gasteiger partial charge in [-0.25, -0.2) is 4.98 Å². The van der Waals surface area contributed by atoms with E-state index in [4.69, 9.17) is 11.6 Å². The van der Waals surface area contributed by atoms with E-state index in [1.54, 1.807) is 24.3 Å². The molecule has 0 saturated carbocycles. The second-order valence-electron chi connectivity index (χ2n) is 6.67. The number of para-hydroxylation sites is 1. The molecule has 10 heteroatoms. The van der Waals surface area contributed by atoms with Crippen LogP contribution in [0.5, 0.6) is 0 Å². The van der Waals surface area contributed by atoms with Crippen LogP contribution in [-0.2, 0) is 10.5 Å². The molecule has 30 heavy (non-hydrogen) atoms. The number of amides is 1. The first-order chi connectivity index (χ1) is 14.4. The summed E-state index contributed by atoms with van der Waals surface area (Å²) in [5, 5.41) is 15.0. The van der Waals surface area contributed by atoms with Gasteiger partial charge in [-0.2, -0.15) is 0 Å². The number of hydrogen-bond acceptors (Lipinski definition) is 6. The molecule has 0 radical (unpaired) electrons. The summed E-state index contributed by atoms with van der Waals surface area (Å²) in [6.07, 6.45) is -0.0718. The molecule has 3 aromatic rings. The van der Waals surface area contributed by atoms with E-state index >= 15 is 0 Å². The third kappa shape index (κ3) is 4.07. The molecule has 0 fully saturated rings. The highest BCUT2D eigenvalue weighted by molar-refractivity contribution is 7.98. The van der Waals surface area contributed by atoms with Crippen molar-refractivity contribution in [1.82, 2.24) is 9.97 Å². The van der Waals surface area contributed by atoms with E-state index in [1.807, 2.05) is 18.2 Å². The van der Waals surface area contributed by atoms with E-state index in [1.165, 1.54) is 17.8 Å². The van der Waals surface area contributed by atoms with Crippen LogP contribution in [0.25, 0.3) is 0 Å². The monoisotopic (exact) mass is 442 g/mol. The van der Waals surface area contributed by atoms with Crippen molar-refractivity contribution < 1.29 is 9.72 Å². The smallest absolute Gasteiger partial charge is 0.273 e. The molecule has 2 heterocycles. The van der Waals surface area contributed by atoms with Gasteiger partial charge in [-0.1, -0.05) is 53.7 Å². The number of carbonyl (C=O) groups excluding carboxylic acids is 1. The Morgan fingerprint density at radius 2 is 2.00 bits per heavy atom. The first kappa shape index (κ1) is 20.1. The van der Waals surface area contributed by atoms with Gasteiger partial charge in [0.2, 0.25) is 5.91 Å². The predicted molar refractivity (Wildman–Crippen MR) is 114 cm³/mol. The number of rotatable bonds is 5. The minimum absolute atomic E-state index is 0.0718. The van der Waals surface area contributed by atoms with Crippen molar-refractivity contribution in [1.29, 1.82) is 0 Å². The van der Waals surface area contributed by atoms with E-state index in [0.29, 0.717) is 21.5 Å². The minimum Gasteiger partial charge on any atom is -0.310 e. The number of carbonyl (C=O) groups is 1. The van der Waals surface area contributed by atoms with Gasteiger partial charge in [0.1, 0.15) is 5.82 Å². The highest BCUT2D eigenvalue weighted by Crippen LogP contribution is 2.38. The Labute approximate surface area is 179 Å². The number of thioether (sulfide) groups is 1. The number of nitrogens with one attached hydrogen (secondary N) is 2. The summed E-state index contributed by atoms with van der Waals surface area (Å²) in [6, 6.07) is 13.4. The summed E-state index contributed by atoms with van der Waals surface area (Å²) in [7, 11) is 0. The Bertz CT molecular complexity index is 1210. The molecule has 4 rings (SSSR count). The van der Waals surface area contributed by atoms with Crippen molar-refractivity contribution in [3.63, 3.8) is 0 Å². The molecule has 1 aliphatic rings. The van der Waals surface area contributed by atoms with Crippen LogP contribution in [0.4, 0.5) is 11.5 Å². The topological polar surface area (TPSA) is 118 Å². The van der Waals surface area contributed by atoms with E-state index in [9.17, 15) is 19.7 Å². The van der Waals surface area contributed by atoms with Gasteiger partial charge in [0.05, 0.1) is 10.5 Å². The maximum Gasteiger partial charge on any atom is 0.273 e. The van der Waals surface area contributed by atoms with Crippen LogP contribution in [0.3, 0.4) is 0 Å². The number of nitrogens with zero attached hydrogens (tertiary/aromatic N) is 2. The number of anilines is 1. The van der Waals surface area contributed by atoms with Crippen LogP contribution >= 0.6 is 23.4 Å². The molecule has 1 amide bonds. The molecule has 152 valence electrons. The minimum atomic E-state index is -0.751. The second kappa shape index (κ2) is 8.29. The maximum atomic E-state index is 12.9. The molecule has 0 aliphatic carbocycles. The summed E-state index contributed by atoms with van der Waals surface area (Å²) in [5.74, 6) is -0.455. The molecule has 0 bridgehead atoms. The molecule has 1 atom stereocenters. The molecule has 0 spiro atoms. The van der Waals surface area contributed by atoms with Crippen molar-refractivity contribution >= 4 is 40.8 Å². The van der Waals surface area contributed by atoms with Gasteiger partial charge < -0.3 is 10.3 Å². The average molecular weight is 443 g/mol. The van der Waals surface area contributed by atoms with Gasteiger partial charge in [0.25, 0.3) is 11.2 Å². The first-order valence-corrected chi connectivity index (χ1v) is 10.3. The standard InChI is InChI=1S/C20H15ClN4O4S/c21-12-5-3-4-11(8-12)10-30-20-23-18-17(19(27)24-20)14(9-16(26)22-18)13-6-1-2-7-15(13)25(28)29/h1-8,14H,9-10H2,(H2,22,23,24,26,27). The van der Waals surface area contributed by atoms with E-state index in [0.717, 1.165) is 5.56 Å². The number of aromatic nitrogens is 2. The second-order valence-corrected chi connectivity index (χ2v) is 8.07. The summed E-state index contributed by atoms with van der Waals surface area (Å²) < 4.78 is 0. The van der Waals surface area contributed by atoms with E-state index in [2.05, 4.69) is 15.3 Å². The first-order valence-electron chi connectivity index (χ1n) is 8.97. The van der Waals surface area contributed by atoms with Crippen molar-refractivity contribution in [3.8, 4) is 0 Å². The molecular weight excluding hydrogens is 428 g/mol. The normalized spacial score (nSPS) is 15.4. The third-order valence-electron chi connectivity index (χ3n) is 4.70. The molecule has 0 saturated heterocycles.